The minimum Gasteiger partial charge on any atom is -0.307 e. The molecular weight excluding hydrogens is 205 g/mol. The molecule has 0 radical (unpaired) electrons. The molecule has 76 valence electrons. The van der Waals surface area contributed by atoms with Gasteiger partial charge in [0.05, 0.1) is 6.04 Å². The Morgan fingerprint density at radius 2 is 2.21 bits per heavy atom. The summed E-state index contributed by atoms with van der Waals surface area (Å²) >= 11 is 5.72. The molecule has 14 heavy (non-hydrogen) atoms. The van der Waals surface area contributed by atoms with Crippen molar-refractivity contribution in [3.8, 4) is 0 Å². The van der Waals surface area contributed by atoms with Crippen LogP contribution in [0.1, 0.15) is 18.5 Å². The second kappa shape index (κ2) is 4.53. The van der Waals surface area contributed by atoms with Gasteiger partial charge in [-0.25, -0.2) is 4.39 Å². The van der Waals surface area contributed by atoms with Crippen molar-refractivity contribution < 1.29 is 9.18 Å². The van der Waals surface area contributed by atoms with Crippen LogP contribution in [0, 0.1) is 5.82 Å². The third-order valence-electron chi connectivity index (χ3n) is 1.96. The van der Waals surface area contributed by atoms with Gasteiger partial charge in [0.1, 0.15) is 5.82 Å². The van der Waals surface area contributed by atoms with Crippen molar-refractivity contribution in [2.75, 3.05) is 7.05 Å². The largest absolute Gasteiger partial charge is 0.307 e. The predicted molar refractivity (Wildman–Crippen MR) is 53.9 cm³/mol. The number of nitrogens with one attached hydrogen (secondary N) is 1. The van der Waals surface area contributed by atoms with Gasteiger partial charge in [0.2, 0.25) is 0 Å². The van der Waals surface area contributed by atoms with E-state index in [1.54, 1.807) is 7.05 Å². The van der Waals surface area contributed by atoms with Crippen LogP contribution < -0.4 is 5.32 Å². The summed E-state index contributed by atoms with van der Waals surface area (Å²) in [6, 6.07) is 3.53. The highest BCUT2D eigenvalue weighted by molar-refractivity contribution is 6.30. The van der Waals surface area contributed by atoms with E-state index in [4.69, 9.17) is 11.6 Å². The fourth-order valence-corrected chi connectivity index (χ4v) is 1.49. The molecule has 1 aromatic carbocycles. The molecule has 0 fully saturated rings. The summed E-state index contributed by atoms with van der Waals surface area (Å²) in [5, 5.41) is 3.16. The Kier molecular flexibility index (Phi) is 3.61. The Morgan fingerprint density at radius 3 is 2.71 bits per heavy atom. The van der Waals surface area contributed by atoms with E-state index in [-0.39, 0.29) is 11.3 Å². The third kappa shape index (κ3) is 2.30. The van der Waals surface area contributed by atoms with Crippen LogP contribution in [-0.2, 0) is 4.79 Å². The average Bonchev–Trinajstić information content (AvgIpc) is 2.11. The van der Waals surface area contributed by atoms with Crippen molar-refractivity contribution in [1.29, 1.82) is 0 Å². The molecule has 0 aliphatic rings. The first kappa shape index (κ1) is 11.1. The smallest absolute Gasteiger partial charge is 0.151 e. The van der Waals surface area contributed by atoms with Crippen molar-refractivity contribution in [3.63, 3.8) is 0 Å². The maximum atomic E-state index is 13.3. The van der Waals surface area contributed by atoms with Gasteiger partial charge in [-0.2, -0.15) is 0 Å². The highest BCUT2D eigenvalue weighted by Gasteiger charge is 2.18. The molecule has 0 heterocycles. The second-order valence-corrected chi connectivity index (χ2v) is 3.43. The fraction of sp³-hybridized carbons (Fsp3) is 0.300. The molecule has 0 aliphatic heterocycles. The van der Waals surface area contributed by atoms with Crippen molar-refractivity contribution in [3.05, 3.63) is 34.6 Å². The Morgan fingerprint density at radius 1 is 1.57 bits per heavy atom. The average molecular weight is 216 g/mol. The van der Waals surface area contributed by atoms with Crippen molar-refractivity contribution in [2.24, 2.45) is 0 Å². The zero-order chi connectivity index (χ0) is 10.7. The highest BCUT2D eigenvalue weighted by atomic mass is 35.5. The number of carbonyl (C=O) groups is 1. The van der Waals surface area contributed by atoms with Crippen molar-refractivity contribution >= 4 is 17.4 Å². The number of rotatable bonds is 3. The summed E-state index contributed by atoms with van der Waals surface area (Å²) in [4.78, 5) is 11.2. The van der Waals surface area contributed by atoms with Gasteiger partial charge in [-0.05, 0) is 32.2 Å². The lowest BCUT2D eigenvalue weighted by Gasteiger charge is -2.13. The Labute approximate surface area is 87.1 Å². The monoisotopic (exact) mass is 215 g/mol. The van der Waals surface area contributed by atoms with Crippen LogP contribution in [0.2, 0.25) is 5.02 Å². The zero-order valence-corrected chi connectivity index (χ0v) is 8.73. The van der Waals surface area contributed by atoms with E-state index in [2.05, 4.69) is 5.32 Å². The van der Waals surface area contributed by atoms with E-state index in [1.807, 2.05) is 0 Å². The predicted octanol–water partition coefficient (Wildman–Crippen LogP) is 2.33. The first-order valence-corrected chi connectivity index (χ1v) is 4.56. The number of Topliss-reactive ketones (excluding diaryl/α,β-unsaturated/α-hetero) is 1. The number of carbonyl (C=O) groups excluding carboxylic acids is 1. The molecule has 0 bridgehead atoms. The van der Waals surface area contributed by atoms with E-state index in [9.17, 15) is 9.18 Å². The van der Waals surface area contributed by atoms with Gasteiger partial charge in [-0.3, -0.25) is 4.79 Å². The molecule has 1 N–H and O–H groups in total. The van der Waals surface area contributed by atoms with E-state index in [0.717, 1.165) is 0 Å². The molecule has 0 aliphatic carbocycles. The molecule has 0 saturated heterocycles. The molecule has 1 unspecified atom stereocenters. The maximum Gasteiger partial charge on any atom is 0.151 e. The summed E-state index contributed by atoms with van der Waals surface area (Å²) in [6.45, 7) is 1.40. The number of halogens is 2. The standard InChI is InChI=1S/C10H11ClFNO/c1-6(14)10(13-2)8-5-7(11)3-4-9(8)12/h3-5,10,13H,1-2H3. The van der Waals surface area contributed by atoms with E-state index in [0.29, 0.717) is 5.02 Å². The minimum absolute atomic E-state index is 0.145. The molecule has 4 heteroatoms. The zero-order valence-electron chi connectivity index (χ0n) is 7.97. The van der Waals surface area contributed by atoms with Gasteiger partial charge in [-0.15, -0.1) is 0 Å². The molecule has 1 rings (SSSR count). The SMILES string of the molecule is CNC(C(C)=O)c1cc(Cl)ccc1F. The number of hydrogen-bond acceptors (Lipinski definition) is 2. The molecule has 0 amide bonds. The topological polar surface area (TPSA) is 29.1 Å². The van der Waals surface area contributed by atoms with Crippen molar-refractivity contribution in [2.45, 2.75) is 13.0 Å². The van der Waals surface area contributed by atoms with Gasteiger partial charge in [0, 0.05) is 10.6 Å². The van der Waals surface area contributed by atoms with Crippen LogP contribution in [0.25, 0.3) is 0 Å². The summed E-state index contributed by atoms with van der Waals surface area (Å²) < 4.78 is 13.3. The van der Waals surface area contributed by atoms with Gasteiger partial charge in [0.25, 0.3) is 0 Å². The van der Waals surface area contributed by atoms with Gasteiger partial charge in [0.15, 0.2) is 5.78 Å². The highest BCUT2D eigenvalue weighted by Crippen LogP contribution is 2.21. The molecule has 1 atom stereocenters. The molecular formula is C10H11ClFNO. The van der Waals surface area contributed by atoms with Crippen LogP contribution >= 0.6 is 11.6 Å². The minimum atomic E-state index is -0.631. The lowest BCUT2D eigenvalue weighted by atomic mass is 10.0. The van der Waals surface area contributed by atoms with Crippen molar-refractivity contribution in [1.82, 2.24) is 5.32 Å². The molecule has 0 saturated carbocycles. The summed E-state index contributed by atoms with van der Waals surface area (Å²) in [6.07, 6.45) is 0. The van der Waals surface area contributed by atoms with Gasteiger partial charge < -0.3 is 5.32 Å². The lowest BCUT2D eigenvalue weighted by Crippen LogP contribution is -2.24. The number of hydrogen-bond donors (Lipinski definition) is 1. The van der Waals surface area contributed by atoms with Crippen LogP contribution in [-0.4, -0.2) is 12.8 Å². The number of benzene rings is 1. The number of ketones is 1. The molecule has 0 aromatic heterocycles. The van der Waals surface area contributed by atoms with E-state index < -0.39 is 11.9 Å². The first-order chi connectivity index (χ1) is 6.56. The lowest BCUT2D eigenvalue weighted by molar-refractivity contribution is -0.119. The maximum absolute atomic E-state index is 13.3. The molecule has 2 nitrogen and oxygen atoms in total. The van der Waals surface area contributed by atoms with Gasteiger partial charge >= 0.3 is 0 Å². The van der Waals surface area contributed by atoms with Crippen LogP contribution in [0.3, 0.4) is 0 Å². The second-order valence-electron chi connectivity index (χ2n) is 3.00. The summed E-state index contributed by atoms with van der Waals surface area (Å²) in [5.41, 5.74) is 0.285. The fourth-order valence-electron chi connectivity index (χ4n) is 1.31. The first-order valence-electron chi connectivity index (χ1n) is 4.19. The van der Waals surface area contributed by atoms with Crippen LogP contribution in [0.5, 0.6) is 0 Å². The van der Waals surface area contributed by atoms with Crippen LogP contribution in [0.15, 0.2) is 18.2 Å². The van der Waals surface area contributed by atoms with Crippen LogP contribution in [0.4, 0.5) is 4.39 Å². The van der Waals surface area contributed by atoms with E-state index >= 15 is 0 Å². The number of likely N-dealkylation sites (N-methyl/N-ethyl adjacent to an activating group) is 1. The van der Waals surface area contributed by atoms with Gasteiger partial charge in [-0.1, -0.05) is 11.6 Å². The molecule has 1 aromatic rings. The Hall–Kier alpha value is -0.930. The summed E-state index contributed by atoms with van der Waals surface area (Å²) in [5.74, 6) is -0.572. The quantitative estimate of drug-likeness (QED) is 0.839. The normalized spacial score (nSPS) is 12.6. The molecule has 0 spiro atoms. The van der Waals surface area contributed by atoms with E-state index in [1.165, 1.54) is 25.1 Å². The third-order valence-corrected chi connectivity index (χ3v) is 2.20. The summed E-state index contributed by atoms with van der Waals surface area (Å²) in [7, 11) is 1.60. The Balaban J connectivity index is 3.15. The Bertz CT molecular complexity index is 354.